The lowest BCUT2D eigenvalue weighted by Gasteiger charge is -2.20. The van der Waals surface area contributed by atoms with E-state index in [-0.39, 0.29) is 18.5 Å². The van der Waals surface area contributed by atoms with Gasteiger partial charge in [-0.25, -0.2) is 0 Å². The summed E-state index contributed by atoms with van der Waals surface area (Å²) in [4.78, 5) is 24.6. The lowest BCUT2D eigenvalue weighted by molar-refractivity contribution is -0.143. The first-order valence-electron chi connectivity index (χ1n) is 38.1. The molecule has 2 atom stereocenters. The Hall–Kier alpha value is -1.66. The number of allylic oxidation sites excluding steroid dienone is 3. The standard InChI is InChI=1S/C77H149NO5/c1-3-5-7-9-11-13-15-17-18-19-40-43-47-51-55-59-63-67-71-77(82)83-72-68-64-60-56-52-48-44-41-38-36-34-32-30-28-26-24-22-20-21-23-25-27-29-31-33-35-37-39-42-46-50-54-58-62-66-70-76(81)78-74(73-79)75(80)69-65-61-57-53-49-45-16-14-12-10-8-6-4-2/h18-19,65,69,74-75,79-80H,3-17,20-64,66-68,70-73H2,1-2H3,(H,78,81)/b19-18-,69-65+. The predicted octanol–water partition coefficient (Wildman–Crippen LogP) is 24.9. The fraction of sp³-hybridized carbons (Fsp3) is 0.922. The van der Waals surface area contributed by atoms with Crippen LogP contribution < -0.4 is 5.32 Å². The maximum Gasteiger partial charge on any atom is 0.305 e. The highest BCUT2D eigenvalue weighted by Crippen LogP contribution is 2.20. The molecule has 0 rings (SSSR count). The maximum absolute atomic E-state index is 12.5. The summed E-state index contributed by atoms with van der Waals surface area (Å²) in [5.41, 5.74) is 0. The highest BCUT2D eigenvalue weighted by Gasteiger charge is 2.18. The number of unbranched alkanes of at least 4 members (excludes halogenated alkanes) is 59. The Balaban J connectivity index is 3.30. The van der Waals surface area contributed by atoms with Crippen molar-refractivity contribution in [3.8, 4) is 0 Å². The fourth-order valence-corrected chi connectivity index (χ4v) is 12.2. The van der Waals surface area contributed by atoms with Gasteiger partial charge in [0.2, 0.25) is 5.91 Å². The molecule has 6 nitrogen and oxygen atoms in total. The number of ether oxygens (including phenoxy) is 1. The van der Waals surface area contributed by atoms with Crippen LogP contribution in [0, 0.1) is 0 Å². The van der Waals surface area contributed by atoms with Gasteiger partial charge in [0.1, 0.15) is 0 Å². The Labute approximate surface area is 520 Å². The molecule has 0 aromatic heterocycles. The fourth-order valence-electron chi connectivity index (χ4n) is 12.2. The van der Waals surface area contributed by atoms with Crippen molar-refractivity contribution < 1.29 is 24.5 Å². The van der Waals surface area contributed by atoms with E-state index < -0.39 is 12.1 Å². The summed E-state index contributed by atoms with van der Waals surface area (Å²) in [6.07, 6.45) is 93.0. The Morgan fingerprint density at radius 3 is 0.855 bits per heavy atom. The molecule has 1 amide bonds. The highest BCUT2D eigenvalue weighted by molar-refractivity contribution is 5.76. The number of hydrogen-bond acceptors (Lipinski definition) is 5. The van der Waals surface area contributed by atoms with E-state index in [0.29, 0.717) is 19.4 Å². The van der Waals surface area contributed by atoms with Crippen LogP contribution in [0.15, 0.2) is 24.3 Å². The highest BCUT2D eigenvalue weighted by atomic mass is 16.5. The van der Waals surface area contributed by atoms with Crippen molar-refractivity contribution in [1.82, 2.24) is 5.32 Å². The van der Waals surface area contributed by atoms with Gasteiger partial charge in [0.15, 0.2) is 0 Å². The summed E-state index contributed by atoms with van der Waals surface area (Å²) >= 11 is 0. The number of carbonyl (C=O) groups is 2. The predicted molar refractivity (Wildman–Crippen MR) is 366 cm³/mol. The van der Waals surface area contributed by atoms with Gasteiger partial charge in [-0.15, -0.1) is 0 Å². The largest absolute Gasteiger partial charge is 0.466 e. The first-order chi connectivity index (χ1) is 41.0. The molecule has 3 N–H and O–H groups in total. The SMILES string of the molecule is CCCCCCCCC/C=C\CCCCCCCCCC(=O)OCCCCCCCCCCCCCCCCCCCCCCCCCCCCCCCCCCCCCC(=O)NC(CO)C(O)/C=C/CCCCCCCCCCCCC. The van der Waals surface area contributed by atoms with Crippen LogP contribution >= 0.6 is 0 Å². The van der Waals surface area contributed by atoms with Crippen molar-refractivity contribution in [2.75, 3.05) is 13.2 Å². The third kappa shape index (κ3) is 69.3. The van der Waals surface area contributed by atoms with Gasteiger partial charge < -0.3 is 20.3 Å². The molecule has 0 saturated carbocycles. The molecule has 6 heteroatoms. The normalized spacial score (nSPS) is 12.6. The molecule has 0 bridgehead atoms. The first kappa shape index (κ1) is 81.3. The number of amides is 1. The van der Waals surface area contributed by atoms with Crippen molar-refractivity contribution in [3.63, 3.8) is 0 Å². The van der Waals surface area contributed by atoms with Crippen LogP contribution in [0.2, 0.25) is 0 Å². The Morgan fingerprint density at radius 2 is 0.566 bits per heavy atom. The van der Waals surface area contributed by atoms with Gasteiger partial charge in [0.05, 0.1) is 25.4 Å². The lowest BCUT2D eigenvalue weighted by Crippen LogP contribution is -2.45. The molecule has 0 aliphatic rings. The van der Waals surface area contributed by atoms with E-state index in [2.05, 4.69) is 31.3 Å². The van der Waals surface area contributed by atoms with Crippen LogP contribution in [-0.2, 0) is 14.3 Å². The summed E-state index contributed by atoms with van der Waals surface area (Å²) < 4.78 is 5.51. The molecule has 83 heavy (non-hydrogen) atoms. The summed E-state index contributed by atoms with van der Waals surface area (Å²) in [6, 6.07) is -0.623. The van der Waals surface area contributed by atoms with Gasteiger partial charge in [0, 0.05) is 12.8 Å². The van der Waals surface area contributed by atoms with Gasteiger partial charge in [-0.05, 0) is 57.8 Å². The van der Waals surface area contributed by atoms with Crippen LogP contribution in [0.3, 0.4) is 0 Å². The second-order valence-electron chi connectivity index (χ2n) is 26.3. The minimum Gasteiger partial charge on any atom is -0.466 e. The van der Waals surface area contributed by atoms with Crippen molar-refractivity contribution in [3.05, 3.63) is 24.3 Å². The monoisotopic (exact) mass is 1170 g/mol. The molecule has 2 unspecified atom stereocenters. The van der Waals surface area contributed by atoms with Gasteiger partial charge in [0.25, 0.3) is 0 Å². The molecular weight excluding hydrogens is 1020 g/mol. The average molecular weight is 1170 g/mol. The number of aliphatic hydroxyl groups excluding tert-OH is 2. The number of esters is 1. The van der Waals surface area contributed by atoms with Gasteiger partial charge in [-0.1, -0.05) is 385 Å². The topological polar surface area (TPSA) is 95.9 Å². The first-order valence-corrected chi connectivity index (χ1v) is 38.1. The third-order valence-electron chi connectivity index (χ3n) is 18.0. The molecule has 0 aliphatic carbocycles. The molecule has 0 saturated heterocycles. The zero-order valence-corrected chi connectivity index (χ0v) is 56.5. The van der Waals surface area contributed by atoms with Crippen LogP contribution in [-0.4, -0.2) is 47.4 Å². The minimum atomic E-state index is -0.839. The lowest BCUT2D eigenvalue weighted by atomic mass is 10.0. The molecule has 492 valence electrons. The van der Waals surface area contributed by atoms with Crippen molar-refractivity contribution in [1.29, 1.82) is 0 Å². The molecular formula is C77H149NO5. The second-order valence-corrected chi connectivity index (χ2v) is 26.3. The second kappa shape index (κ2) is 72.8. The van der Waals surface area contributed by atoms with Crippen LogP contribution in [0.25, 0.3) is 0 Å². The molecule has 0 heterocycles. The van der Waals surface area contributed by atoms with Crippen LogP contribution in [0.5, 0.6) is 0 Å². The number of carbonyl (C=O) groups excluding carboxylic acids is 2. The molecule has 0 aromatic rings. The Kier molecular flexibility index (Phi) is 71.4. The summed E-state index contributed by atoms with van der Waals surface area (Å²) in [6.45, 7) is 4.94. The van der Waals surface area contributed by atoms with Crippen molar-refractivity contribution in [2.45, 2.75) is 443 Å². The van der Waals surface area contributed by atoms with E-state index in [1.807, 2.05) is 6.08 Å². The van der Waals surface area contributed by atoms with Crippen LogP contribution in [0.4, 0.5) is 0 Å². The summed E-state index contributed by atoms with van der Waals surface area (Å²) in [5, 5.41) is 23.1. The van der Waals surface area contributed by atoms with Crippen molar-refractivity contribution in [2.24, 2.45) is 0 Å². The number of nitrogens with one attached hydrogen (secondary N) is 1. The molecule has 0 aliphatic heterocycles. The van der Waals surface area contributed by atoms with Gasteiger partial charge in [-0.3, -0.25) is 9.59 Å². The summed E-state index contributed by atoms with van der Waals surface area (Å²) in [7, 11) is 0. The maximum atomic E-state index is 12.5. The molecule has 0 radical (unpaired) electrons. The smallest absolute Gasteiger partial charge is 0.305 e. The van der Waals surface area contributed by atoms with Gasteiger partial charge >= 0.3 is 5.97 Å². The van der Waals surface area contributed by atoms with Crippen molar-refractivity contribution >= 4 is 11.9 Å². The van der Waals surface area contributed by atoms with E-state index >= 15 is 0 Å². The Morgan fingerprint density at radius 1 is 0.325 bits per heavy atom. The average Bonchev–Trinajstić information content (AvgIpc) is 3.49. The zero-order valence-electron chi connectivity index (χ0n) is 56.5. The van der Waals surface area contributed by atoms with E-state index in [9.17, 15) is 19.8 Å². The minimum absolute atomic E-state index is 0.0202. The number of rotatable bonds is 72. The van der Waals surface area contributed by atoms with E-state index in [1.54, 1.807) is 6.08 Å². The third-order valence-corrected chi connectivity index (χ3v) is 18.0. The van der Waals surface area contributed by atoms with E-state index in [1.165, 1.54) is 366 Å². The zero-order chi connectivity index (χ0) is 59.9. The number of hydrogen-bond donors (Lipinski definition) is 3. The quantitative estimate of drug-likeness (QED) is 0.0320. The molecule has 0 aromatic carbocycles. The Bertz CT molecular complexity index is 1300. The van der Waals surface area contributed by atoms with Gasteiger partial charge in [-0.2, -0.15) is 0 Å². The molecule has 0 spiro atoms. The molecule has 0 fully saturated rings. The number of aliphatic hydroxyl groups is 2. The summed E-state index contributed by atoms with van der Waals surface area (Å²) in [5.74, 6) is -0.0405. The van der Waals surface area contributed by atoms with Crippen LogP contribution in [0.1, 0.15) is 431 Å². The van der Waals surface area contributed by atoms with E-state index in [0.717, 1.165) is 38.5 Å². The van der Waals surface area contributed by atoms with E-state index in [4.69, 9.17) is 4.74 Å².